The summed E-state index contributed by atoms with van der Waals surface area (Å²) in [6.45, 7) is 7.86. The average molecular weight is 349 g/mol. The van der Waals surface area contributed by atoms with E-state index in [0.717, 1.165) is 11.3 Å². The first-order valence-corrected chi connectivity index (χ1v) is 8.98. The fraction of sp³-hybridized carbons (Fsp3) is 0.556. The van der Waals surface area contributed by atoms with Crippen LogP contribution in [0.3, 0.4) is 0 Å². The lowest BCUT2D eigenvalue weighted by molar-refractivity contribution is -0.136. The van der Waals surface area contributed by atoms with Gasteiger partial charge in [0.15, 0.2) is 0 Å². The Hall–Kier alpha value is -1.82. The summed E-state index contributed by atoms with van der Waals surface area (Å²) >= 11 is 1.38. The van der Waals surface area contributed by atoms with E-state index >= 15 is 0 Å². The first-order chi connectivity index (χ1) is 11.3. The van der Waals surface area contributed by atoms with Crippen LogP contribution in [-0.2, 0) is 20.7 Å². The summed E-state index contributed by atoms with van der Waals surface area (Å²) in [5.74, 6) is -1.45. The molecule has 24 heavy (non-hydrogen) atoms. The van der Waals surface area contributed by atoms with Crippen molar-refractivity contribution in [3.05, 3.63) is 16.5 Å². The van der Waals surface area contributed by atoms with Crippen molar-refractivity contribution in [2.24, 2.45) is 16.3 Å². The second-order valence-corrected chi connectivity index (χ2v) is 7.83. The summed E-state index contributed by atoms with van der Waals surface area (Å²) in [5.41, 5.74) is 0.110. The van der Waals surface area contributed by atoms with Crippen molar-refractivity contribution in [3.8, 4) is 0 Å². The van der Waals surface area contributed by atoms with Crippen molar-refractivity contribution in [3.63, 3.8) is 0 Å². The predicted octanol–water partition coefficient (Wildman–Crippen LogP) is 3.76. The van der Waals surface area contributed by atoms with E-state index in [1.165, 1.54) is 17.6 Å². The normalized spacial score (nSPS) is 18.3. The lowest BCUT2D eigenvalue weighted by Crippen LogP contribution is -2.38. The molecule has 1 aliphatic rings. The number of hydrogen-bond acceptors (Lipinski definition) is 6. The van der Waals surface area contributed by atoms with Gasteiger partial charge < -0.3 is 4.74 Å². The van der Waals surface area contributed by atoms with Crippen molar-refractivity contribution < 1.29 is 19.1 Å². The zero-order valence-corrected chi connectivity index (χ0v) is 15.4. The molecule has 0 amide bonds. The first-order valence-electron chi connectivity index (χ1n) is 8.17. The number of nitrogens with zero attached hydrogens (tertiary/aromatic N) is 1. The third kappa shape index (κ3) is 4.17. The smallest absolute Gasteiger partial charge is 0.341 e. The van der Waals surface area contributed by atoms with E-state index in [4.69, 9.17) is 4.74 Å². The Morgan fingerprint density at radius 3 is 2.50 bits per heavy atom. The van der Waals surface area contributed by atoms with Crippen LogP contribution in [0, 0.1) is 11.3 Å². The van der Waals surface area contributed by atoms with E-state index < -0.39 is 11.9 Å². The van der Waals surface area contributed by atoms with Gasteiger partial charge in [0, 0.05) is 23.9 Å². The predicted molar refractivity (Wildman–Crippen MR) is 94.3 cm³/mol. The summed E-state index contributed by atoms with van der Waals surface area (Å²) in [6, 6.07) is 1.77. The Morgan fingerprint density at radius 2 is 1.96 bits per heavy atom. The zero-order chi connectivity index (χ0) is 17.9. The van der Waals surface area contributed by atoms with Crippen LogP contribution in [0.15, 0.2) is 11.1 Å². The SMILES string of the molecule is CCOC(=O)c1cc(CC)sc1/N=C/C1C(=O)CC(C)(C)CC1=O. The zero-order valence-electron chi connectivity index (χ0n) is 14.5. The molecule has 1 aromatic rings. The van der Waals surface area contributed by atoms with E-state index in [-0.39, 0.29) is 23.6 Å². The van der Waals surface area contributed by atoms with Crippen molar-refractivity contribution in [2.45, 2.75) is 47.0 Å². The van der Waals surface area contributed by atoms with Gasteiger partial charge in [0.1, 0.15) is 22.5 Å². The molecule has 1 saturated carbocycles. The minimum absolute atomic E-state index is 0.107. The highest BCUT2D eigenvalue weighted by Crippen LogP contribution is 2.35. The van der Waals surface area contributed by atoms with Crippen LogP contribution in [0.1, 0.15) is 55.8 Å². The summed E-state index contributed by atoms with van der Waals surface area (Å²) in [4.78, 5) is 41.8. The molecule has 0 aliphatic heterocycles. The van der Waals surface area contributed by atoms with Gasteiger partial charge in [-0.2, -0.15) is 0 Å². The molecule has 1 fully saturated rings. The van der Waals surface area contributed by atoms with Crippen molar-refractivity contribution in [1.82, 2.24) is 0 Å². The minimum Gasteiger partial charge on any atom is -0.462 e. The molecule has 0 radical (unpaired) electrons. The molecule has 1 aliphatic carbocycles. The topological polar surface area (TPSA) is 72.8 Å². The highest BCUT2D eigenvalue weighted by molar-refractivity contribution is 7.16. The highest BCUT2D eigenvalue weighted by Gasteiger charge is 2.38. The highest BCUT2D eigenvalue weighted by atomic mass is 32.1. The van der Waals surface area contributed by atoms with Crippen LogP contribution in [0.2, 0.25) is 0 Å². The Morgan fingerprint density at radius 1 is 1.33 bits per heavy atom. The van der Waals surface area contributed by atoms with Gasteiger partial charge in [-0.3, -0.25) is 9.59 Å². The molecule has 0 N–H and O–H groups in total. The number of ether oxygens (including phenoxy) is 1. The van der Waals surface area contributed by atoms with Gasteiger partial charge in [0.05, 0.1) is 12.2 Å². The molecule has 6 heteroatoms. The van der Waals surface area contributed by atoms with Gasteiger partial charge in [-0.05, 0) is 24.8 Å². The Labute approximate surface area is 146 Å². The van der Waals surface area contributed by atoms with E-state index in [9.17, 15) is 14.4 Å². The standard InChI is InChI=1S/C18H23NO4S/c1-5-11-7-12(17(22)23-6-2)16(24-11)19-10-13-14(20)8-18(3,4)9-15(13)21/h7,10,13H,5-6,8-9H2,1-4H3/b19-10+. The maximum absolute atomic E-state index is 12.2. The maximum Gasteiger partial charge on any atom is 0.341 e. The molecular formula is C18H23NO4S. The number of esters is 1. The molecule has 2 rings (SSSR count). The Bertz CT molecular complexity index is 667. The lowest BCUT2D eigenvalue weighted by atomic mass is 9.72. The summed E-state index contributed by atoms with van der Waals surface area (Å²) < 4.78 is 5.05. The van der Waals surface area contributed by atoms with Crippen LogP contribution in [0.4, 0.5) is 5.00 Å². The summed E-state index contributed by atoms with van der Waals surface area (Å²) in [7, 11) is 0. The number of rotatable bonds is 5. The number of thiophene rings is 1. The van der Waals surface area contributed by atoms with Crippen LogP contribution in [0.5, 0.6) is 0 Å². The summed E-state index contributed by atoms with van der Waals surface area (Å²) in [5, 5.41) is 0.496. The second kappa shape index (κ2) is 7.38. The number of carbonyl (C=O) groups excluding carboxylic acids is 3. The van der Waals surface area contributed by atoms with E-state index in [1.54, 1.807) is 13.0 Å². The minimum atomic E-state index is -0.805. The van der Waals surface area contributed by atoms with Crippen molar-refractivity contribution in [2.75, 3.05) is 6.61 Å². The van der Waals surface area contributed by atoms with Crippen LogP contribution in [0.25, 0.3) is 0 Å². The van der Waals surface area contributed by atoms with Gasteiger partial charge >= 0.3 is 5.97 Å². The molecule has 0 bridgehead atoms. The van der Waals surface area contributed by atoms with Gasteiger partial charge in [-0.15, -0.1) is 11.3 Å². The summed E-state index contributed by atoms with van der Waals surface area (Å²) in [6.07, 6.45) is 2.91. The number of aryl methyl sites for hydroxylation is 1. The van der Waals surface area contributed by atoms with Gasteiger partial charge in [-0.1, -0.05) is 20.8 Å². The van der Waals surface area contributed by atoms with Gasteiger partial charge in [0.2, 0.25) is 0 Å². The molecule has 5 nitrogen and oxygen atoms in total. The third-order valence-corrected chi connectivity index (χ3v) is 5.13. The van der Waals surface area contributed by atoms with Crippen LogP contribution >= 0.6 is 11.3 Å². The molecule has 1 aromatic heterocycles. The number of hydrogen-bond donors (Lipinski definition) is 0. The monoisotopic (exact) mass is 349 g/mol. The molecule has 0 aromatic carbocycles. The maximum atomic E-state index is 12.2. The molecule has 0 atom stereocenters. The molecule has 0 unspecified atom stereocenters. The van der Waals surface area contributed by atoms with Crippen molar-refractivity contribution in [1.29, 1.82) is 0 Å². The molecule has 0 saturated heterocycles. The number of Topliss-reactive ketones (excluding diaryl/α,β-unsaturated/α-hetero) is 2. The molecule has 1 heterocycles. The number of ketones is 2. The van der Waals surface area contributed by atoms with E-state index in [2.05, 4.69) is 4.99 Å². The Kier molecular flexibility index (Phi) is 5.70. The van der Waals surface area contributed by atoms with Crippen LogP contribution < -0.4 is 0 Å². The number of carbonyl (C=O) groups is 3. The van der Waals surface area contributed by atoms with E-state index in [1.807, 2.05) is 20.8 Å². The number of aliphatic imine (C=N–C) groups is 1. The van der Waals surface area contributed by atoms with Crippen LogP contribution in [-0.4, -0.2) is 30.4 Å². The average Bonchev–Trinajstić information content (AvgIpc) is 2.89. The molecule has 130 valence electrons. The fourth-order valence-corrected chi connectivity index (χ4v) is 3.71. The largest absolute Gasteiger partial charge is 0.462 e. The quantitative estimate of drug-likeness (QED) is 0.461. The van der Waals surface area contributed by atoms with Crippen molar-refractivity contribution >= 4 is 40.1 Å². The van der Waals surface area contributed by atoms with Gasteiger partial charge in [-0.25, -0.2) is 9.79 Å². The third-order valence-electron chi connectivity index (χ3n) is 3.95. The molecule has 0 spiro atoms. The fourth-order valence-electron chi connectivity index (χ4n) is 2.77. The first kappa shape index (κ1) is 18.5. The lowest BCUT2D eigenvalue weighted by Gasteiger charge is -2.30. The molecular weight excluding hydrogens is 326 g/mol. The Balaban J connectivity index is 2.25. The van der Waals surface area contributed by atoms with E-state index in [0.29, 0.717) is 23.4 Å². The second-order valence-electron chi connectivity index (χ2n) is 6.71. The van der Waals surface area contributed by atoms with Gasteiger partial charge in [0.25, 0.3) is 0 Å².